The van der Waals surface area contributed by atoms with E-state index in [4.69, 9.17) is 32.7 Å². The van der Waals surface area contributed by atoms with Crippen molar-refractivity contribution < 1.29 is 27.5 Å². The van der Waals surface area contributed by atoms with Crippen LogP contribution in [0.4, 0.5) is 5.69 Å². The number of sulfonamides is 1. The Morgan fingerprint density at radius 3 is 2.19 bits per heavy atom. The van der Waals surface area contributed by atoms with Crippen LogP contribution in [0, 0.1) is 0 Å². The second kappa shape index (κ2) is 15.1. The summed E-state index contributed by atoms with van der Waals surface area (Å²) in [5.41, 5.74) is 1.66. The second-order valence-electron chi connectivity index (χ2n) is 9.58. The lowest BCUT2D eigenvalue weighted by Crippen LogP contribution is -2.53. The predicted molar refractivity (Wildman–Crippen MR) is 166 cm³/mol. The molecule has 42 heavy (non-hydrogen) atoms. The minimum atomic E-state index is -3.94. The molecule has 12 heteroatoms. The molecule has 0 saturated carbocycles. The molecule has 2 amide bonds. The van der Waals surface area contributed by atoms with Gasteiger partial charge in [0.05, 0.1) is 36.2 Å². The molecule has 0 spiro atoms. The average molecular weight is 637 g/mol. The number of amides is 2. The van der Waals surface area contributed by atoms with Gasteiger partial charge in [0.2, 0.25) is 21.8 Å². The third-order valence-electron chi connectivity index (χ3n) is 6.49. The molecule has 0 aliphatic carbocycles. The smallest absolute Gasteiger partial charge is 0.244 e. The summed E-state index contributed by atoms with van der Waals surface area (Å²) in [5, 5.41) is 3.53. The largest absolute Gasteiger partial charge is 0.493 e. The van der Waals surface area contributed by atoms with Crippen LogP contribution in [0.1, 0.15) is 24.5 Å². The number of benzene rings is 3. The van der Waals surface area contributed by atoms with Crippen molar-refractivity contribution in [3.63, 3.8) is 0 Å². The third-order valence-corrected chi connectivity index (χ3v) is 8.37. The summed E-state index contributed by atoms with van der Waals surface area (Å²) in [5.74, 6) is -0.248. The quantitative estimate of drug-likeness (QED) is 0.269. The average Bonchev–Trinajstić information content (AvgIpc) is 2.97. The molecule has 0 saturated heterocycles. The van der Waals surface area contributed by atoms with Crippen LogP contribution >= 0.6 is 23.2 Å². The van der Waals surface area contributed by atoms with Crippen molar-refractivity contribution in [1.29, 1.82) is 0 Å². The van der Waals surface area contributed by atoms with Crippen LogP contribution in [0.2, 0.25) is 10.0 Å². The molecule has 0 heterocycles. The molecule has 3 rings (SSSR count). The lowest BCUT2D eigenvalue weighted by atomic mass is 10.0. The van der Waals surface area contributed by atoms with E-state index in [1.165, 1.54) is 31.3 Å². The molecular weight excluding hydrogens is 601 g/mol. The van der Waals surface area contributed by atoms with E-state index >= 15 is 0 Å². The lowest BCUT2D eigenvalue weighted by molar-refractivity contribution is -0.140. The number of hydrogen-bond donors (Lipinski definition) is 1. The first kappa shape index (κ1) is 33.0. The first-order chi connectivity index (χ1) is 20.0. The van der Waals surface area contributed by atoms with Crippen LogP contribution < -0.4 is 19.1 Å². The number of carbonyl (C=O) groups is 2. The van der Waals surface area contributed by atoms with Gasteiger partial charge in [-0.05, 0) is 41.8 Å². The van der Waals surface area contributed by atoms with Gasteiger partial charge >= 0.3 is 0 Å². The molecular formula is C30H35Cl2N3O6S. The SMILES string of the molecule is CCCNC(=O)[C@H](Cc1ccccc1)N(Cc1ccc(Cl)c(Cl)c1)C(=O)CN(c1ccc(OC)c(OC)c1)S(C)(=O)=O. The fourth-order valence-corrected chi connectivity index (χ4v) is 5.51. The Kier molecular flexibility index (Phi) is 11.9. The predicted octanol–water partition coefficient (Wildman–Crippen LogP) is 4.94. The molecule has 3 aromatic rings. The molecule has 9 nitrogen and oxygen atoms in total. The highest BCUT2D eigenvalue weighted by Gasteiger charge is 2.33. The van der Waals surface area contributed by atoms with Crippen molar-refractivity contribution in [2.24, 2.45) is 0 Å². The number of nitrogens with one attached hydrogen (secondary N) is 1. The van der Waals surface area contributed by atoms with E-state index in [0.29, 0.717) is 40.1 Å². The molecule has 0 aliphatic heterocycles. The van der Waals surface area contributed by atoms with E-state index in [1.807, 2.05) is 37.3 Å². The highest BCUT2D eigenvalue weighted by atomic mass is 35.5. The summed E-state index contributed by atoms with van der Waals surface area (Å²) in [7, 11) is -1.05. The summed E-state index contributed by atoms with van der Waals surface area (Å²) in [6, 6.07) is 17.8. The molecule has 0 radical (unpaired) electrons. The zero-order chi connectivity index (χ0) is 30.9. The van der Waals surface area contributed by atoms with Crippen LogP contribution in [-0.4, -0.2) is 64.7 Å². The van der Waals surface area contributed by atoms with Crippen LogP contribution in [0.15, 0.2) is 66.7 Å². The number of halogens is 2. The Hall–Kier alpha value is -3.47. The van der Waals surface area contributed by atoms with E-state index < -0.39 is 28.5 Å². The van der Waals surface area contributed by atoms with Crippen molar-refractivity contribution in [3.05, 3.63) is 87.9 Å². The van der Waals surface area contributed by atoms with Crippen LogP contribution in [-0.2, 0) is 32.6 Å². The number of nitrogens with zero attached hydrogens (tertiary/aromatic N) is 2. The van der Waals surface area contributed by atoms with E-state index in [9.17, 15) is 18.0 Å². The summed E-state index contributed by atoms with van der Waals surface area (Å²) < 4.78 is 37.6. The minimum Gasteiger partial charge on any atom is -0.493 e. The maximum Gasteiger partial charge on any atom is 0.244 e. The van der Waals surface area contributed by atoms with Gasteiger partial charge in [0, 0.05) is 25.6 Å². The summed E-state index contributed by atoms with van der Waals surface area (Å²) in [4.78, 5) is 29.1. The maximum absolute atomic E-state index is 14.1. The molecule has 0 aromatic heterocycles. The first-order valence-corrected chi connectivity index (χ1v) is 15.8. The van der Waals surface area contributed by atoms with Gasteiger partial charge in [-0.1, -0.05) is 66.5 Å². The van der Waals surface area contributed by atoms with E-state index in [0.717, 1.165) is 16.1 Å². The van der Waals surface area contributed by atoms with Crippen molar-refractivity contribution in [2.75, 3.05) is 37.9 Å². The van der Waals surface area contributed by atoms with Crippen LogP contribution in [0.5, 0.6) is 11.5 Å². The minimum absolute atomic E-state index is 0.0176. The fraction of sp³-hybridized carbons (Fsp3) is 0.333. The first-order valence-electron chi connectivity index (χ1n) is 13.2. The number of rotatable bonds is 14. The van der Waals surface area contributed by atoms with Gasteiger partial charge in [0.1, 0.15) is 12.6 Å². The van der Waals surface area contributed by atoms with E-state index in [1.54, 1.807) is 24.3 Å². The number of ether oxygens (including phenoxy) is 2. The number of anilines is 1. The molecule has 1 atom stereocenters. The zero-order valence-corrected chi connectivity index (χ0v) is 26.3. The Morgan fingerprint density at radius 1 is 0.905 bits per heavy atom. The van der Waals surface area contributed by atoms with Crippen molar-refractivity contribution in [2.45, 2.75) is 32.4 Å². The van der Waals surface area contributed by atoms with Gasteiger partial charge in [-0.25, -0.2) is 8.42 Å². The second-order valence-corrected chi connectivity index (χ2v) is 12.3. The summed E-state index contributed by atoms with van der Waals surface area (Å²) >= 11 is 12.4. The molecule has 0 unspecified atom stereocenters. The van der Waals surface area contributed by atoms with Gasteiger partial charge in [0.15, 0.2) is 11.5 Å². The molecule has 3 aromatic carbocycles. The van der Waals surface area contributed by atoms with E-state index in [-0.39, 0.29) is 24.6 Å². The van der Waals surface area contributed by atoms with Gasteiger partial charge in [-0.2, -0.15) is 0 Å². The van der Waals surface area contributed by atoms with Crippen LogP contribution in [0.25, 0.3) is 0 Å². The lowest BCUT2D eigenvalue weighted by Gasteiger charge is -2.33. The normalized spacial score (nSPS) is 11.9. The van der Waals surface area contributed by atoms with Crippen molar-refractivity contribution in [3.8, 4) is 11.5 Å². The molecule has 226 valence electrons. The standard InChI is InChI=1S/C30H35Cl2N3O6S/c1-5-15-33-30(37)26(17-21-9-7-6-8-10-21)34(19-22-11-13-24(31)25(32)16-22)29(36)20-35(42(4,38)39)23-12-14-27(40-2)28(18-23)41-3/h6-14,16,18,26H,5,15,17,19-20H2,1-4H3,(H,33,37)/t26-/m0/s1. The third kappa shape index (κ3) is 8.77. The van der Waals surface area contributed by atoms with Gasteiger partial charge in [-0.3, -0.25) is 13.9 Å². The topological polar surface area (TPSA) is 105 Å². The van der Waals surface area contributed by atoms with Gasteiger partial charge in [0.25, 0.3) is 0 Å². The highest BCUT2D eigenvalue weighted by Crippen LogP contribution is 2.32. The van der Waals surface area contributed by atoms with Crippen molar-refractivity contribution in [1.82, 2.24) is 10.2 Å². The molecule has 0 bridgehead atoms. The Bertz CT molecular complexity index is 1490. The number of methoxy groups -OCH3 is 2. The molecule has 1 N–H and O–H groups in total. The van der Waals surface area contributed by atoms with Crippen LogP contribution in [0.3, 0.4) is 0 Å². The van der Waals surface area contributed by atoms with E-state index in [2.05, 4.69) is 5.32 Å². The monoisotopic (exact) mass is 635 g/mol. The van der Waals surface area contributed by atoms with Gasteiger partial charge in [-0.15, -0.1) is 0 Å². The zero-order valence-electron chi connectivity index (χ0n) is 24.0. The Labute approximate surface area is 257 Å². The fourth-order valence-electron chi connectivity index (χ4n) is 4.35. The Morgan fingerprint density at radius 2 is 1.60 bits per heavy atom. The summed E-state index contributed by atoms with van der Waals surface area (Å²) in [6.45, 7) is 1.76. The van der Waals surface area contributed by atoms with Gasteiger partial charge < -0.3 is 19.7 Å². The Balaban J connectivity index is 2.08. The van der Waals surface area contributed by atoms with Crippen molar-refractivity contribution >= 4 is 50.7 Å². The summed E-state index contributed by atoms with van der Waals surface area (Å²) in [6.07, 6.45) is 1.92. The number of hydrogen-bond acceptors (Lipinski definition) is 6. The number of carbonyl (C=O) groups excluding carboxylic acids is 2. The molecule has 0 fully saturated rings. The molecule has 0 aliphatic rings. The maximum atomic E-state index is 14.1. The highest BCUT2D eigenvalue weighted by molar-refractivity contribution is 7.92.